The fraction of sp³-hybridized carbons (Fsp3) is 0.667. The lowest BCUT2D eigenvalue weighted by Gasteiger charge is -1.73. The molecule has 0 atom stereocenters. The van der Waals surface area contributed by atoms with Gasteiger partial charge in [-0.25, -0.2) is 0 Å². The molecule has 0 rings (SSSR count). The van der Waals surface area contributed by atoms with Crippen molar-refractivity contribution in [2.75, 3.05) is 0 Å². The molecule has 0 bridgehead atoms. The van der Waals surface area contributed by atoms with Gasteiger partial charge >= 0.3 is 0 Å². The van der Waals surface area contributed by atoms with E-state index >= 15 is 0 Å². The van der Waals surface area contributed by atoms with Crippen LogP contribution in [0.1, 0.15) is 0 Å². The van der Waals surface area contributed by atoms with Gasteiger partial charge in [0.1, 0.15) is 7.28 Å². The van der Waals surface area contributed by atoms with Crippen molar-refractivity contribution >= 4 is 20.7 Å². The summed E-state index contributed by atoms with van der Waals surface area (Å²) >= 11 is 0. The second kappa shape index (κ2) is 4.80. The van der Waals surface area contributed by atoms with E-state index in [2.05, 4.69) is 6.82 Å². The summed E-state index contributed by atoms with van der Waals surface area (Å²) in [7, 11) is 1.86. The summed E-state index contributed by atoms with van der Waals surface area (Å²) in [5, 5.41) is 0. The van der Waals surface area contributed by atoms with Crippen LogP contribution in [0.4, 0.5) is 0 Å². The molecule has 0 spiro atoms. The summed E-state index contributed by atoms with van der Waals surface area (Å²) in [5.41, 5.74) is 0. The Morgan fingerprint density at radius 3 is 2.67 bits per heavy atom. The van der Waals surface area contributed by atoms with Crippen LogP contribution in [0.5, 0.6) is 0 Å². The Hall–Kier alpha value is -0.200. The zero-order chi connectivity index (χ0) is 4.83. The van der Waals surface area contributed by atoms with Gasteiger partial charge in [-0.2, -0.15) is 0 Å². The van der Waals surface area contributed by atoms with Crippen molar-refractivity contribution in [3.05, 3.63) is 0 Å². The minimum atomic E-state index is 0.733. The lowest BCUT2D eigenvalue weighted by Crippen LogP contribution is -1.93. The van der Waals surface area contributed by atoms with Crippen LogP contribution in [0.25, 0.3) is 0 Å². The first-order valence-corrected chi connectivity index (χ1v) is 2.35. The van der Waals surface area contributed by atoms with Crippen LogP contribution in [0.15, 0.2) is 0 Å². The Kier molecular flexibility index (Phi) is 4.64. The molecular formula is C3H8B2O. The molecule has 0 fully saturated rings. The average molecular weight is 81.7 g/mol. The van der Waals surface area contributed by atoms with Gasteiger partial charge < -0.3 is 4.79 Å². The van der Waals surface area contributed by atoms with Crippen molar-refractivity contribution in [3.63, 3.8) is 0 Å². The zero-order valence-corrected chi connectivity index (χ0v) is 4.11. The van der Waals surface area contributed by atoms with Crippen LogP contribution in [0.3, 0.4) is 0 Å². The zero-order valence-electron chi connectivity index (χ0n) is 4.11. The van der Waals surface area contributed by atoms with Crippen molar-refractivity contribution in [2.24, 2.45) is 0 Å². The van der Waals surface area contributed by atoms with Crippen LogP contribution in [0, 0.1) is 0 Å². The van der Waals surface area contributed by atoms with Gasteiger partial charge in [-0.15, -0.1) is 0 Å². The van der Waals surface area contributed by atoms with Crippen LogP contribution in [-0.4, -0.2) is 20.7 Å². The molecule has 0 saturated carbocycles. The van der Waals surface area contributed by atoms with E-state index in [9.17, 15) is 4.79 Å². The third-order valence-corrected chi connectivity index (χ3v) is 0.676. The molecule has 0 radical (unpaired) electrons. The summed E-state index contributed by atoms with van der Waals surface area (Å²) in [5.74, 6) is 0. The van der Waals surface area contributed by atoms with Crippen LogP contribution >= 0.6 is 0 Å². The molecule has 3 heteroatoms. The van der Waals surface area contributed by atoms with E-state index in [0.29, 0.717) is 0 Å². The van der Waals surface area contributed by atoms with Gasteiger partial charge in [0.05, 0.1) is 6.19 Å². The summed E-state index contributed by atoms with van der Waals surface area (Å²) < 4.78 is 0. The second-order valence-electron chi connectivity index (χ2n) is 1.31. The number of rotatable bonds is 3. The number of hydrogen-bond donors (Lipinski definition) is 0. The molecule has 0 heterocycles. The monoisotopic (exact) mass is 82.1 g/mol. The summed E-state index contributed by atoms with van der Waals surface area (Å²) in [6.07, 6.45) is 2.01. The molecule has 0 aromatic heterocycles. The number of hydrogen-bond acceptors (Lipinski definition) is 1. The van der Waals surface area contributed by atoms with E-state index in [1.807, 2.05) is 0 Å². The van der Waals surface area contributed by atoms with Crippen LogP contribution in [0.2, 0.25) is 13.0 Å². The lowest BCUT2D eigenvalue weighted by molar-refractivity contribution is 0.568. The summed E-state index contributed by atoms with van der Waals surface area (Å²) in [4.78, 5) is 9.56. The van der Waals surface area contributed by atoms with Crippen molar-refractivity contribution in [2.45, 2.75) is 13.0 Å². The Bertz CT molecular complexity index is 37.8. The molecule has 0 aliphatic carbocycles. The standard InChI is InChI=1S/C3H8B2O/c1-4-2-5-3-6/h3-5H,2H2,1H3. The maximum absolute atomic E-state index is 9.56. The van der Waals surface area contributed by atoms with E-state index in [1.165, 1.54) is 0 Å². The largest absolute Gasteiger partial charge is 0.315 e. The third-order valence-electron chi connectivity index (χ3n) is 0.676. The van der Waals surface area contributed by atoms with Gasteiger partial charge in [-0.1, -0.05) is 13.0 Å². The molecule has 0 amide bonds. The highest BCUT2D eigenvalue weighted by Gasteiger charge is 1.81. The van der Waals surface area contributed by atoms with Crippen molar-refractivity contribution in [1.29, 1.82) is 0 Å². The van der Waals surface area contributed by atoms with Gasteiger partial charge in [0.2, 0.25) is 0 Å². The Labute approximate surface area is 39.6 Å². The molecular weight excluding hydrogens is 73.7 g/mol. The lowest BCUT2D eigenvalue weighted by atomic mass is 9.57. The molecule has 0 aromatic carbocycles. The smallest absolute Gasteiger partial charge is 0.193 e. The van der Waals surface area contributed by atoms with Crippen molar-refractivity contribution in [3.8, 4) is 0 Å². The maximum Gasteiger partial charge on any atom is 0.193 e. The Balaban J connectivity index is 2.49. The van der Waals surface area contributed by atoms with E-state index in [1.54, 1.807) is 0 Å². The SMILES string of the molecule is CBCBC=O. The van der Waals surface area contributed by atoms with Gasteiger partial charge in [-0.3, -0.25) is 0 Å². The molecule has 32 valence electrons. The molecule has 1 nitrogen and oxygen atoms in total. The molecule has 6 heavy (non-hydrogen) atoms. The minimum absolute atomic E-state index is 0.733. The minimum Gasteiger partial charge on any atom is -0.315 e. The molecule has 0 aliphatic rings. The fourth-order valence-electron chi connectivity index (χ4n) is 0.287. The highest BCUT2D eigenvalue weighted by Crippen LogP contribution is 1.66. The summed E-state index contributed by atoms with van der Waals surface area (Å²) in [6, 6.07) is 0. The van der Waals surface area contributed by atoms with Crippen molar-refractivity contribution < 1.29 is 4.79 Å². The molecule has 0 aliphatic heterocycles. The molecule has 0 aromatic rings. The maximum atomic E-state index is 9.56. The highest BCUT2D eigenvalue weighted by molar-refractivity contribution is 6.74. The topological polar surface area (TPSA) is 17.1 Å². The number of carbonyl (C=O) groups excluding carboxylic acids is 1. The van der Waals surface area contributed by atoms with Crippen molar-refractivity contribution in [1.82, 2.24) is 0 Å². The van der Waals surface area contributed by atoms with Crippen LogP contribution in [-0.2, 0) is 4.79 Å². The Morgan fingerprint density at radius 2 is 2.50 bits per heavy atom. The first kappa shape index (κ1) is 5.80. The molecule has 0 saturated heterocycles. The molecule has 0 N–H and O–H groups in total. The normalized spacial score (nSPS) is 6.83. The fourth-order valence-corrected chi connectivity index (χ4v) is 0.287. The van der Waals surface area contributed by atoms with E-state index in [-0.39, 0.29) is 0 Å². The predicted octanol–water partition coefficient (Wildman–Crippen LogP) is -0.527. The van der Waals surface area contributed by atoms with Gasteiger partial charge in [-0.05, 0) is 0 Å². The van der Waals surface area contributed by atoms with E-state index in [4.69, 9.17) is 0 Å². The Morgan fingerprint density at radius 1 is 1.83 bits per heavy atom. The predicted molar refractivity (Wildman–Crippen MR) is 31.7 cm³/mol. The first-order chi connectivity index (χ1) is 2.91. The highest BCUT2D eigenvalue weighted by atomic mass is 16.1. The number of carbonyl (C=O) groups is 1. The first-order valence-electron chi connectivity index (χ1n) is 2.35. The average Bonchev–Trinajstić information content (AvgIpc) is 1.61. The van der Waals surface area contributed by atoms with E-state index in [0.717, 1.165) is 27.0 Å². The third kappa shape index (κ3) is 3.80. The van der Waals surface area contributed by atoms with Gasteiger partial charge in [0.25, 0.3) is 0 Å². The molecule has 0 unspecified atom stereocenters. The van der Waals surface area contributed by atoms with Crippen LogP contribution < -0.4 is 0 Å². The second-order valence-corrected chi connectivity index (χ2v) is 1.31. The quantitative estimate of drug-likeness (QED) is 0.254. The van der Waals surface area contributed by atoms with E-state index < -0.39 is 0 Å². The van der Waals surface area contributed by atoms with Gasteiger partial charge in [0, 0.05) is 0 Å². The van der Waals surface area contributed by atoms with Gasteiger partial charge in [0.15, 0.2) is 7.28 Å². The summed E-state index contributed by atoms with van der Waals surface area (Å²) in [6.45, 7) is 2.07.